The van der Waals surface area contributed by atoms with E-state index in [2.05, 4.69) is 10.3 Å². The highest BCUT2D eigenvalue weighted by Gasteiger charge is 2.12. The molecule has 0 fully saturated rings. The van der Waals surface area contributed by atoms with Crippen LogP contribution in [0, 0.1) is 0 Å². The van der Waals surface area contributed by atoms with E-state index in [1.807, 2.05) is 42.5 Å². The van der Waals surface area contributed by atoms with Crippen LogP contribution in [0.4, 0.5) is 0 Å². The molecule has 1 amide bonds. The first-order valence-electron chi connectivity index (χ1n) is 7.07. The standard InChI is InChI=1S/C17H16N2O2S/c20-16(19-17-18-10-11-22-17)14-8-6-13(7-9-14)12-21-15-4-2-1-3-5-15/h1-9H,10-12H2,(H,18,19,20). The van der Waals surface area contributed by atoms with Crippen LogP contribution in [0.15, 0.2) is 59.6 Å². The molecule has 1 N–H and O–H groups in total. The van der Waals surface area contributed by atoms with E-state index < -0.39 is 0 Å². The van der Waals surface area contributed by atoms with Gasteiger partial charge in [0.25, 0.3) is 5.91 Å². The highest BCUT2D eigenvalue weighted by atomic mass is 32.2. The molecular weight excluding hydrogens is 296 g/mol. The number of hydrogen-bond donors (Lipinski definition) is 1. The molecule has 1 aliphatic heterocycles. The summed E-state index contributed by atoms with van der Waals surface area (Å²) in [6.45, 7) is 1.25. The SMILES string of the molecule is O=C(NC1=NCCS1)c1ccc(COc2ccccc2)cc1. The van der Waals surface area contributed by atoms with Gasteiger partial charge >= 0.3 is 0 Å². The van der Waals surface area contributed by atoms with Crippen molar-refractivity contribution in [3.05, 3.63) is 65.7 Å². The number of carbonyl (C=O) groups is 1. The van der Waals surface area contributed by atoms with Gasteiger partial charge in [0.15, 0.2) is 5.17 Å². The van der Waals surface area contributed by atoms with E-state index in [-0.39, 0.29) is 5.91 Å². The molecule has 0 saturated heterocycles. The summed E-state index contributed by atoms with van der Waals surface area (Å²) < 4.78 is 5.68. The van der Waals surface area contributed by atoms with Crippen molar-refractivity contribution in [1.29, 1.82) is 0 Å². The van der Waals surface area contributed by atoms with Crippen molar-refractivity contribution in [3.63, 3.8) is 0 Å². The summed E-state index contributed by atoms with van der Waals surface area (Å²) in [7, 11) is 0. The zero-order valence-electron chi connectivity index (χ0n) is 12.0. The molecule has 2 aromatic carbocycles. The summed E-state index contributed by atoms with van der Waals surface area (Å²) in [4.78, 5) is 16.3. The predicted octanol–water partition coefficient (Wildman–Crippen LogP) is 3.10. The molecule has 22 heavy (non-hydrogen) atoms. The lowest BCUT2D eigenvalue weighted by atomic mass is 10.1. The Morgan fingerprint density at radius 3 is 2.59 bits per heavy atom. The number of nitrogens with zero attached hydrogens (tertiary/aromatic N) is 1. The van der Waals surface area contributed by atoms with Crippen LogP contribution in [-0.4, -0.2) is 23.4 Å². The maximum absolute atomic E-state index is 12.1. The Labute approximate surface area is 133 Å². The minimum absolute atomic E-state index is 0.122. The molecule has 2 aromatic rings. The van der Waals surface area contributed by atoms with Gasteiger partial charge in [-0.3, -0.25) is 9.79 Å². The number of aliphatic imine (C=N–C) groups is 1. The molecule has 0 radical (unpaired) electrons. The lowest BCUT2D eigenvalue weighted by Crippen LogP contribution is -2.27. The Bertz CT molecular complexity index is 669. The van der Waals surface area contributed by atoms with Gasteiger partial charge in [-0.05, 0) is 29.8 Å². The Morgan fingerprint density at radius 2 is 1.91 bits per heavy atom. The highest BCUT2D eigenvalue weighted by Crippen LogP contribution is 2.13. The molecule has 112 valence electrons. The minimum atomic E-state index is -0.122. The minimum Gasteiger partial charge on any atom is -0.489 e. The van der Waals surface area contributed by atoms with Crippen LogP contribution >= 0.6 is 11.8 Å². The van der Waals surface area contributed by atoms with Gasteiger partial charge < -0.3 is 10.1 Å². The molecule has 4 nitrogen and oxygen atoms in total. The number of hydrogen-bond acceptors (Lipinski definition) is 4. The fraction of sp³-hybridized carbons (Fsp3) is 0.176. The smallest absolute Gasteiger partial charge is 0.257 e. The lowest BCUT2D eigenvalue weighted by molar-refractivity contribution is 0.0978. The Kier molecular flexibility index (Phi) is 4.75. The van der Waals surface area contributed by atoms with Crippen molar-refractivity contribution >= 4 is 22.8 Å². The quantitative estimate of drug-likeness (QED) is 0.944. The monoisotopic (exact) mass is 312 g/mol. The molecule has 0 aromatic heterocycles. The number of para-hydroxylation sites is 1. The van der Waals surface area contributed by atoms with Crippen LogP contribution in [0.3, 0.4) is 0 Å². The van der Waals surface area contributed by atoms with Crippen molar-refractivity contribution in [3.8, 4) is 5.75 Å². The molecule has 0 unspecified atom stereocenters. The molecule has 5 heteroatoms. The first kappa shape index (κ1) is 14.7. The van der Waals surface area contributed by atoms with Crippen molar-refractivity contribution < 1.29 is 9.53 Å². The topological polar surface area (TPSA) is 50.7 Å². The van der Waals surface area contributed by atoms with Gasteiger partial charge in [0, 0.05) is 11.3 Å². The van der Waals surface area contributed by atoms with Crippen molar-refractivity contribution in [1.82, 2.24) is 5.32 Å². The molecule has 0 saturated carbocycles. The summed E-state index contributed by atoms with van der Waals surface area (Å²) in [5.74, 6) is 1.65. The van der Waals surface area contributed by atoms with Gasteiger partial charge in [-0.25, -0.2) is 0 Å². The average molecular weight is 312 g/mol. The first-order valence-corrected chi connectivity index (χ1v) is 8.05. The maximum atomic E-state index is 12.1. The number of thioether (sulfide) groups is 1. The number of ether oxygens (including phenoxy) is 1. The zero-order chi connectivity index (χ0) is 15.2. The maximum Gasteiger partial charge on any atom is 0.257 e. The van der Waals surface area contributed by atoms with E-state index in [0.29, 0.717) is 17.3 Å². The van der Waals surface area contributed by atoms with Crippen molar-refractivity contribution in [2.75, 3.05) is 12.3 Å². The van der Waals surface area contributed by atoms with Gasteiger partial charge in [-0.15, -0.1) is 0 Å². The Hall–Kier alpha value is -2.27. The van der Waals surface area contributed by atoms with Crippen molar-refractivity contribution in [2.45, 2.75) is 6.61 Å². The number of rotatable bonds is 4. The molecule has 0 spiro atoms. The second-order valence-electron chi connectivity index (χ2n) is 4.79. The second kappa shape index (κ2) is 7.13. The molecule has 3 rings (SSSR count). The third-order valence-corrected chi connectivity index (χ3v) is 4.06. The third kappa shape index (κ3) is 3.89. The van der Waals surface area contributed by atoms with E-state index in [0.717, 1.165) is 23.6 Å². The molecule has 0 aliphatic carbocycles. The molecule has 0 bridgehead atoms. The van der Waals surface area contributed by atoms with Crippen LogP contribution in [-0.2, 0) is 6.61 Å². The summed E-state index contributed by atoms with van der Waals surface area (Å²) in [6, 6.07) is 17.1. The molecule has 1 heterocycles. The number of benzene rings is 2. The van der Waals surface area contributed by atoms with Gasteiger partial charge in [0.2, 0.25) is 0 Å². The van der Waals surface area contributed by atoms with Crippen LogP contribution in [0.25, 0.3) is 0 Å². The van der Waals surface area contributed by atoms with Crippen LogP contribution in [0.1, 0.15) is 15.9 Å². The fourth-order valence-corrected chi connectivity index (χ4v) is 2.74. The number of nitrogens with one attached hydrogen (secondary N) is 1. The zero-order valence-corrected chi connectivity index (χ0v) is 12.8. The molecule has 1 aliphatic rings. The second-order valence-corrected chi connectivity index (χ2v) is 5.87. The number of amides is 1. The highest BCUT2D eigenvalue weighted by molar-refractivity contribution is 8.14. The summed E-state index contributed by atoms with van der Waals surface area (Å²) in [6.07, 6.45) is 0. The summed E-state index contributed by atoms with van der Waals surface area (Å²) in [5, 5.41) is 3.52. The molecule has 0 atom stereocenters. The number of carbonyl (C=O) groups excluding carboxylic acids is 1. The summed E-state index contributed by atoms with van der Waals surface area (Å²) >= 11 is 1.57. The van der Waals surface area contributed by atoms with E-state index in [9.17, 15) is 4.79 Å². The predicted molar refractivity (Wildman–Crippen MR) is 89.4 cm³/mol. The Morgan fingerprint density at radius 1 is 1.14 bits per heavy atom. The summed E-state index contributed by atoms with van der Waals surface area (Å²) in [5.41, 5.74) is 1.65. The third-order valence-electron chi connectivity index (χ3n) is 3.17. The lowest BCUT2D eigenvalue weighted by Gasteiger charge is -2.07. The first-order chi connectivity index (χ1) is 10.8. The molecular formula is C17H16N2O2S. The van der Waals surface area contributed by atoms with E-state index in [1.54, 1.807) is 23.9 Å². The van der Waals surface area contributed by atoms with Crippen LogP contribution < -0.4 is 10.1 Å². The average Bonchev–Trinajstić information content (AvgIpc) is 3.07. The number of amidine groups is 1. The van der Waals surface area contributed by atoms with Gasteiger partial charge in [0.1, 0.15) is 12.4 Å². The largest absolute Gasteiger partial charge is 0.489 e. The van der Waals surface area contributed by atoms with Crippen LogP contribution in [0.2, 0.25) is 0 Å². The van der Waals surface area contributed by atoms with E-state index in [4.69, 9.17) is 4.74 Å². The fourth-order valence-electron chi connectivity index (χ4n) is 2.02. The van der Waals surface area contributed by atoms with E-state index >= 15 is 0 Å². The van der Waals surface area contributed by atoms with Gasteiger partial charge in [-0.2, -0.15) is 0 Å². The van der Waals surface area contributed by atoms with Gasteiger partial charge in [-0.1, -0.05) is 42.1 Å². The normalized spacial score (nSPS) is 13.5. The van der Waals surface area contributed by atoms with Crippen LogP contribution in [0.5, 0.6) is 5.75 Å². The van der Waals surface area contributed by atoms with Gasteiger partial charge in [0.05, 0.1) is 6.54 Å². The van der Waals surface area contributed by atoms with Crippen molar-refractivity contribution in [2.24, 2.45) is 4.99 Å². The Balaban J connectivity index is 1.56. The van der Waals surface area contributed by atoms with E-state index in [1.165, 1.54) is 0 Å².